The number of piperidine rings is 1. The summed E-state index contributed by atoms with van der Waals surface area (Å²) in [6.07, 6.45) is 6.38. The molecule has 4 aliphatic heterocycles. The fourth-order valence-electron chi connectivity index (χ4n) is 6.96. The van der Waals surface area contributed by atoms with E-state index in [1.807, 2.05) is 17.8 Å². The number of thioether (sulfide) groups is 1. The van der Waals surface area contributed by atoms with Crippen molar-refractivity contribution in [2.45, 2.75) is 76.3 Å². The Hall–Kier alpha value is -2.63. The van der Waals surface area contributed by atoms with Crippen molar-refractivity contribution < 1.29 is 17.9 Å². The van der Waals surface area contributed by atoms with Gasteiger partial charge >= 0.3 is 0 Å². The Balaban J connectivity index is 1.39. The van der Waals surface area contributed by atoms with Gasteiger partial charge in [-0.1, -0.05) is 18.2 Å². The number of benzene rings is 1. The lowest BCUT2D eigenvalue weighted by molar-refractivity contribution is -0.0880. The Bertz CT molecular complexity index is 1500. The van der Waals surface area contributed by atoms with Gasteiger partial charge < -0.3 is 15.0 Å². The number of fused-ring (bicyclic) bond motifs is 10. The molecule has 1 N–H and O–H groups in total. The third kappa shape index (κ3) is 6.51. The third-order valence-corrected chi connectivity index (χ3v) is 10.6. The highest BCUT2D eigenvalue weighted by Gasteiger charge is 2.45. The zero-order valence-corrected chi connectivity index (χ0v) is 26.2. The standard InChI is InChI=1S/C33H42F3N5O2S/c1-22-25-6-4-7-28(29(25)34)33(35,36)24-8-14-40(15-9-24)12-2-3-16-43-17-5-13-41-31-27(30(39-22)37-21-38-31)20-26(32(41)42)23-10-18-44-19-11-23/h4,6-7,20-24H,2-3,5,8-19H2,1H3,(H,37,38,39)/t22-/m1/s1. The molecule has 0 amide bonds. The quantitative estimate of drug-likeness (QED) is 0.321. The average Bonchev–Trinajstić information content (AvgIpc) is 3.03. The average molecular weight is 630 g/mol. The minimum Gasteiger partial charge on any atom is -0.381 e. The van der Waals surface area contributed by atoms with Crippen molar-refractivity contribution in [1.29, 1.82) is 0 Å². The number of rotatable bonds is 1. The topological polar surface area (TPSA) is 72.3 Å². The van der Waals surface area contributed by atoms with Gasteiger partial charge in [-0.2, -0.15) is 11.8 Å². The van der Waals surface area contributed by atoms with E-state index in [-0.39, 0.29) is 17.0 Å². The minimum atomic E-state index is -3.28. The number of aryl methyl sites for hydroxylation is 1. The van der Waals surface area contributed by atoms with Gasteiger partial charge in [0.2, 0.25) is 0 Å². The second-order valence-electron chi connectivity index (χ2n) is 12.4. The molecule has 4 aliphatic rings. The van der Waals surface area contributed by atoms with Crippen LogP contribution in [0, 0.1) is 11.7 Å². The van der Waals surface area contributed by atoms with Crippen LogP contribution in [0.2, 0.25) is 0 Å². The number of alkyl halides is 2. The predicted molar refractivity (Wildman–Crippen MR) is 169 cm³/mol. The Kier molecular flexibility index (Phi) is 9.83. The lowest BCUT2D eigenvalue weighted by Gasteiger charge is -2.36. The van der Waals surface area contributed by atoms with Gasteiger partial charge in [0, 0.05) is 36.8 Å². The third-order valence-electron chi connectivity index (χ3n) is 9.56. The molecule has 7 nitrogen and oxygen atoms in total. The molecule has 0 radical (unpaired) electrons. The lowest BCUT2D eigenvalue weighted by atomic mass is 9.85. The van der Waals surface area contributed by atoms with Crippen LogP contribution >= 0.6 is 11.8 Å². The van der Waals surface area contributed by atoms with Crippen LogP contribution < -0.4 is 10.9 Å². The normalized spacial score (nSPS) is 25.7. The molecule has 1 aromatic carbocycles. The number of nitrogens with zero attached hydrogens (tertiary/aromatic N) is 4. The predicted octanol–water partition coefficient (Wildman–Crippen LogP) is 6.72. The molecule has 0 spiro atoms. The molecule has 0 saturated carbocycles. The number of nitrogens with one attached hydrogen (secondary N) is 1. The summed E-state index contributed by atoms with van der Waals surface area (Å²) in [6, 6.07) is 5.53. The van der Waals surface area contributed by atoms with Gasteiger partial charge in [-0.3, -0.25) is 9.36 Å². The van der Waals surface area contributed by atoms with Crippen LogP contribution in [0.15, 0.2) is 35.4 Å². The summed E-state index contributed by atoms with van der Waals surface area (Å²) >= 11 is 1.90. The highest BCUT2D eigenvalue weighted by molar-refractivity contribution is 7.99. The van der Waals surface area contributed by atoms with Crippen LogP contribution in [-0.4, -0.2) is 63.8 Å². The molecule has 0 unspecified atom stereocenters. The second-order valence-corrected chi connectivity index (χ2v) is 13.6. The van der Waals surface area contributed by atoms with Gasteiger partial charge in [-0.05, 0) is 95.0 Å². The van der Waals surface area contributed by atoms with Gasteiger partial charge in [0.15, 0.2) is 0 Å². The van der Waals surface area contributed by atoms with Crippen molar-refractivity contribution >= 4 is 28.6 Å². The maximum Gasteiger partial charge on any atom is 0.278 e. The fourth-order valence-corrected chi connectivity index (χ4v) is 8.06. The molecular formula is C33H42F3N5O2S. The second kappa shape index (κ2) is 13.8. The van der Waals surface area contributed by atoms with Crippen LogP contribution in [0.4, 0.5) is 19.0 Å². The Morgan fingerprint density at radius 2 is 1.75 bits per heavy atom. The molecule has 2 aromatic heterocycles. The van der Waals surface area contributed by atoms with Crippen molar-refractivity contribution in [3.8, 4) is 0 Å². The van der Waals surface area contributed by atoms with Crippen LogP contribution in [-0.2, 0) is 17.2 Å². The molecule has 0 aliphatic carbocycles. The first kappa shape index (κ1) is 31.4. The van der Waals surface area contributed by atoms with Gasteiger partial charge in [0.1, 0.15) is 23.6 Å². The van der Waals surface area contributed by atoms with E-state index in [4.69, 9.17) is 4.74 Å². The lowest BCUT2D eigenvalue weighted by Crippen LogP contribution is -2.40. The Morgan fingerprint density at radius 1 is 0.977 bits per heavy atom. The molecule has 6 heterocycles. The first-order valence-corrected chi connectivity index (χ1v) is 17.2. The minimum absolute atomic E-state index is 0.0355. The van der Waals surface area contributed by atoms with Crippen molar-refractivity contribution in [1.82, 2.24) is 19.4 Å². The number of aromatic nitrogens is 3. The summed E-state index contributed by atoms with van der Waals surface area (Å²) < 4.78 is 55.3. The zero-order chi connectivity index (χ0) is 30.7. The fraction of sp³-hybridized carbons (Fsp3) is 0.606. The van der Waals surface area contributed by atoms with Crippen LogP contribution in [0.1, 0.15) is 80.5 Å². The maximum atomic E-state index is 16.0. The van der Waals surface area contributed by atoms with Crippen LogP contribution in [0.5, 0.6) is 0 Å². The number of halogens is 3. The number of pyridine rings is 1. The van der Waals surface area contributed by atoms with E-state index in [0.717, 1.165) is 49.3 Å². The highest BCUT2D eigenvalue weighted by Crippen LogP contribution is 2.44. The molecule has 238 valence electrons. The highest BCUT2D eigenvalue weighted by atomic mass is 32.2. The molecule has 1 atom stereocenters. The molecule has 44 heavy (non-hydrogen) atoms. The molecule has 2 fully saturated rings. The van der Waals surface area contributed by atoms with Crippen LogP contribution in [0.25, 0.3) is 11.0 Å². The number of ether oxygens (including phenoxy) is 1. The number of anilines is 1. The van der Waals surface area contributed by atoms with E-state index in [0.29, 0.717) is 69.0 Å². The Morgan fingerprint density at radius 3 is 2.55 bits per heavy atom. The van der Waals surface area contributed by atoms with E-state index in [1.165, 1.54) is 18.5 Å². The van der Waals surface area contributed by atoms with Crippen molar-refractivity contribution in [3.05, 3.63) is 63.5 Å². The van der Waals surface area contributed by atoms with E-state index in [9.17, 15) is 4.79 Å². The molecular weight excluding hydrogens is 587 g/mol. The van der Waals surface area contributed by atoms with E-state index < -0.39 is 29.3 Å². The summed E-state index contributed by atoms with van der Waals surface area (Å²) in [7, 11) is 0. The van der Waals surface area contributed by atoms with Gasteiger partial charge in [-0.25, -0.2) is 23.1 Å². The zero-order valence-electron chi connectivity index (χ0n) is 25.4. The number of hydrogen-bond donors (Lipinski definition) is 1. The van der Waals surface area contributed by atoms with E-state index >= 15 is 13.2 Å². The summed E-state index contributed by atoms with van der Waals surface area (Å²) in [5, 5.41) is 3.96. The van der Waals surface area contributed by atoms with Crippen LogP contribution in [0.3, 0.4) is 0 Å². The van der Waals surface area contributed by atoms with Gasteiger partial charge in [0.25, 0.3) is 11.5 Å². The SMILES string of the molecule is C[C@H]1Nc2ncnc3c2cc(C2CCSCC2)c(=O)n3CCCOCCCCN2CCC(CC2)C(F)(F)c2cccc1c2F. The molecule has 7 rings (SSSR count). The van der Waals surface area contributed by atoms with Crippen molar-refractivity contribution in [3.63, 3.8) is 0 Å². The summed E-state index contributed by atoms with van der Waals surface area (Å²) in [5.41, 5.74) is 0.827. The number of hydrogen-bond acceptors (Lipinski definition) is 7. The van der Waals surface area contributed by atoms with E-state index in [2.05, 4.69) is 20.2 Å². The summed E-state index contributed by atoms with van der Waals surface area (Å²) in [5.74, 6) is -2.47. The Labute approximate surface area is 261 Å². The first-order chi connectivity index (χ1) is 21.3. The van der Waals surface area contributed by atoms with Gasteiger partial charge in [-0.15, -0.1) is 0 Å². The molecule has 8 bridgehead atoms. The summed E-state index contributed by atoms with van der Waals surface area (Å²) in [6.45, 7) is 5.35. The van der Waals surface area contributed by atoms with E-state index in [1.54, 1.807) is 17.6 Å². The summed E-state index contributed by atoms with van der Waals surface area (Å²) in [4.78, 5) is 25.1. The molecule has 11 heteroatoms. The maximum absolute atomic E-state index is 16.0. The molecule has 3 aromatic rings. The monoisotopic (exact) mass is 629 g/mol. The van der Waals surface area contributed by atoms with Crippen molar-refractivity contribution in [2.24, 2.45) is 5.92 Å². The molecule has 2 saturated heterocycles. The smallest absolute Gasteiger partial charge is 0.278 e. The largest absolute Gasteiger partial charge is 0.381 e. The van der Waals surface area contributed by atoms with Crippen molar-refractivity contribution in [2.75, 3.05) is 49.7 Å². The van der Waals surface area contributed by atoms with Gasteiger partial charge in [0.05, 0.1) is 17.0 Å². The first-order valence-electron chi connectivity index (χ1n) is 16.0.